The van der Waals surface area contributed by atoms with E-state index in [9.17, 15) is 14.9 Å². The fraction of sp³-hybridized carbons (Fsp3) is 0.0909. The lowest BCUT2D eigenvalue weighted by Gasteiger charge is -2.09. The molecule has 9 heteroatoms. The van der Waals surface area contributed by atoms with Crippen molar-refractivity contribution in [2.75, 3.05) is 0 Å². The van der Waals surface area contributed by atoms with Crippen molar-refractivity contribution in [1.29, 1.82) is 0 Å². The molecule has 1 N–H and O–H groups in total. The van der Waals surface area contributed by atoms with Gasteiger partial charge in [-0.2, -0.15) is 5.10 Å². The summed E-state index contributed by atoms with van der Waals surface area (Å²) in [5, 5.41) is 15.0. The van der Waals surface area contributed by atoms with Crippen LogP contribution in [-0.4, -0.2) is 17.0 Å². The highest BCUT2D eigenvalue weighted by molar-refractivity contribution is 14.1. The van der Waals surface area contributed by atoms with Crippen LogP contribution in [0.4, 0.5) is 5.69 Å². The van der Waals surface area contributed by atoms with Crippen LogP contribution in [0.15, 0.2) is 76.3 Å². The van der Waals surface area contributed by atoms with Crippen LogP contribution in [0.2, 0.25) is 0 Å². The summed E-state index contributed by atoms with van der Waals surface area (Å²) in [6.45, 7) is 0.457. The van der Waals surface area contributed by atoms with Gasteiger partial charge in [0, 0.05) is 16.1 Å². The number of carbonyl (C=O) groups is 1. The summed E-state index contributed by atoms with van der Waals surface area (Å²) in [4.78, 5) is 22.6. The molecule has 0 spiro atoms. The number of carbonyl (C=O) groups excluding carboxylic acids is 1. The Hall–Kier alpha value is -2.79. The molecule has 0 radical (unpaired) electrons. The van der Waals surface area contributed by atoms with Crippen LogP contribution < -0.4 is 10.2 Å². The number of amides is 1. The third kappa shape index (κ3) is 6.86. The van der Waals surface area contributed by atoms with Gasteiger partial charge in [0.1, 0.15) is 12.4 Å². The average Bonchev–Trinajstić information content (AvgIpc) is 2.74. The monoisotopic (exact) mass is 593 g/mol. The Labute approximate surface area is 200 Å². The molecule has 0 saturated carbocycles. The first-order valence-electron chi connectivity index (χ1n) is 9.13. The topological polar surface area (TPSA) is 93.8 Å². The maximum atomic E-state index is 12.1. The highest BCUT2D eigenvalue weighted by Crippen LogP contribution is 2.23. The van der Waals surface area contributed by atoms with E-state index in [1.54, 1.807) is 18.2 Å². The summed E-state index contributed by atoms with van der Waals surface area (Å²) in [5.41, 5.74) is 4.49. The minimum Gasteiger partial charge on any atom is -0.488 e. The SMILES string of the molecule is O=C(Cc1ccccc1[N+](=O)[O-])N/N=C/c1ccc(OCc2ccc(Br)cc2)c(I)c1. The molecule has 0 fully saturated rings. The number of nitrogens with zero attached hydrogens (tertiary/aromatic N) is 2. The van der Waals surface area contributed by atoms with Gasteiger partial charge in [0.25, 0.3) is 5.69 Å². The normalized spacial score (nSPS) is 10.8. The Kier molecular flexibility index (Phi) is 8.13. The van der Waals surface area contributed by atoms with E-state index in [1.807, 2.05) is 42.5 Å². The molecule has 0 aliphatic rings. The Morgan fingerprint density at radius 3 is 2.61 bits per heavy atom. The minimum atomic E-state index is -0.506. The Morgan fingerprint density at radius 2 is 1.90 bits per heavy atom. The van der Waals surface area contributed by atoms with Gasteiger partial charge in [0.2, 0.25) is 5.91 Å². The van der Waals surface area contributed by atoms with Crippen molar-refractivity contribution in [2.24, 2.45) is 5.10 Å². The van der Waals surface area contributed by atoms with Crippen molar-refractivity contribution < 1.29 is 14.5 Å². The summed E-state index contributed by atoms with van der Waals surface area (Å²) in [6.07, 6.45) is 1.38. The van der Waals surface area contributed by atoms with Gasteiger partial charge >= 0.3 is 0 Å². The van der Waals surface area contributed by atoms with Crippen LogP contribution in [0.5, 0.6) is 5.75 Å². The molecule has 3 rings (SSSR count). The number of hydrogen-bond donors (Lipinski definition) is 1. The lowest BCUT2D eigenvalue weighted by Crippen LogP contribution is -2.20. The molecule has 0 bridgehead atoms. The zero-order valence-corrected chi connectivity index (χ0v) is 19.9. The lowest BCUT2D eigenvalue weighted by molar-refractivity contribution is -0.385. The largest absolute Gasteiger partial charge is 0.488 e. The zero-order valence-electron chi connectivity index (χ0n) is 16.1. The van der Waals surface area contributed by atoms with Crippen LogP contribution in [0.1, 0.15) is 16.7 Å². The van der Waals surface area contributed by atoms with Gasteiger partial charge in [-0.05, 0) is 64.0 Å². The van der Waals surface area contributed by atoms with Crippen molar-refractivity contribution >= 4 is 56.3 Å². The Balaban J connectivity index is 1.55. The van der Waals surface area contributed by atoms with Gasteiger partial charge in [0.15, 0.2) is 0 Å². The molecule has 31 heavy (non-hydrogen) atoms. The number of benzene rings is 3. The van der Waals surface area contributed by atoms with Gasteiger partial charge in [-0.3, -0.25) is 14.9 Å². The second-order valence-corrected chi connectivity index (χ2v) is 8.54. The summed E-state index contributed by atoms with van der Waals surface area (Å²) >= 11 is 5.59. The fourth-order valence-electron chi connectivity index (χ4n) is 2.69. The number of hydrogen-bond acceptors (Lipinski definition) is 5. The highest BCUT2D eigenvalue weighted by atomic mass is 127. The number of hydrazone groups is 1. The fourth-order valence-corrected chi connectivity index (χ4v) is 3.65. The number of nitro groups is 1. The van der Waals surface area contributed by atoms with Crippen molar-refractivity contribution in [3.05, 3.63) is 102 Å². The maximum absolute atomic E-state index is 12.1. The van der Waals surface area contributed by atoms with E-state index in [0.717, 1.165) is 24.9 Å². The first kappa shape index (κ1) is 22.9. The first-order chi connectivity index (χ1) is 14.9. The van der Waals surface area contributed by atoms with Gasteiger partial charge in [-0.1, -0.05) is 46.3 Å². The first-order valence-corrected chi connectivity index (χ1v) is 11.0. The van der Waals surface area contributed by atoms with Crippen LogP contribution >= 0.6 is 38.5 Å². The van der Waals surface area contributed by atoms with E-state index in [2.05, 4.69) is 49.0 Å². The molecule has 3 aromatic rings. The van der Waals surface area contributed by atoms with Crippen molar-refractivity contribution in [2.45, 2.75) is 13.0 Å². The van der Waals surface area contributed by atoms with E-state index in [0.29, 0.717) is 12.2 Å². The highest BCUT2D eigenvalue weighted by Gasteiger charge is 2.15. The standard InChI is InChI=1S/C22H17BrIN3O4/c23-18-8-5-15(6-9-18)14-31-21-10-7-16(11-19(21)24)13-25-26-22(28)12-17-3-1-2-4-20(17)27(29)30/h1-11,13H,12,14H2,(H,26,28)/b25-13+. The third-order valence-corrected chi connectivity index (χ3v) is 5.58. The van der Waals surface area contributed by atoms with E-state index in [-0.39, 0.29) is 12.1 Å². The number of rotatable bonds is 8. The minimum absolute atomic E-state index is 0.0880. The number of para-hydroxylation sites is 1. The van der Waals surface area contributed by atoms with Crippen molar-refractivity contribution in [3.8, 4) is 5.75 Å². The predicted octanol–water partition coefficient (Wildman–Crippen LogP) is 5.23. The summed E-state index contributed by atoms with van der Waals surface area (Å²) in [5.74, 6) is 0.316. The Bertz CT molecular complexity index is 1120. The average molecular weight is 594 g/mol. The summed E-state index contributed by atoms with van der Waals surface area (Å²) in [6, 6.07) is 19.6. The molecular formula is C22H17BrIN3O4. The van der Waals surface area contributed by atoms with E-state index < -0.39 is 10.8 Å². The van der Waals surface area contributed by atoms with E-state index >= 15 is 0 Å². The van der Waals surface area contributed by atoms with Gasteiger partial charge < -0.3 is 4.74 Å². The molecule has 3 aromatic carbocycles. The second-order valence-electron chi connectivity index (χ2n) is 6.46. The molecule has 0 heterocycles. The summed E-state index contributed by atoms with van der Waals surface area (Å²) in [7, 11) is 0. The molecule has 1 amide bonds. The number of halogens is 2. The van der Waals surface area contributed by atoms with Crippen LogP contribution in [0.25, 0.3) is 0 Å². The summed E-state index contributed by atoms with van der Waals surface area (Å²) < 4.78 is 7.79. The smallest absolute Gasteiger partial charge is 0.273 e. The molecular weight excluding hydrogens is 577 g/mol. The lowest BCUT2D eigenvalue weighted by atomic mass is 10.1. The molecule has 0 unspecified atom stereocenters. The van der Waals surface area contributed by atoms with Crippen molar-refractivity contribution in [1.82, 2.24) is 5.43 Å². The number of nitrogens with one attached hydrogen (secondary N) is 1. The number of ether oxygens (including phenoxy) is 1. The molecule has 0 atom stereocenters. The maximum Gasteiger partial charge on any atom is 0.273 e. The molecule has 0 saturated heterocycles. The molecule has 0 aromatic heterocycles. The Morgan fingerprint density at radius 1 is 1.16 bits per heavy atom. The second kappa shape index (κ2) is 11.0. The molecule has 0 aliphatic heterocycles. The van der Waals surface area contributed by atoms with Crippen molar-refractivity contribution in [3.63, 3.8) is 0 Å². The van der Waals surface area contributed by atoms with Crippen LogP contribution in [-0.2, 0) is 17.8 Å². The van der Waals surface area contributed by atoms with Gasteiger partial charge in [0.05, 0.1) is 21.1 Å². The third-order valence-electron chi connectivity index (χ3n) is 4.21. The van der Waals surface area contributed by atoms with E-state index in [4.69, 9.17) is 4.74 Å². The van der Waals surface area contributed by atoms with Gasteiger partial charge in [-0.15, -0.1) is 0 Å². The molecule has 7 nitrogen and oxygen atoms in total. The van der Waals surface area contributed by atoms with E-state index in [1.165, 1.54) is 12.3 Å². The van der Waals surface area contributed by atoms with Crippen LogP contribution in [0, 0.1) is 13.7 Å². The predicted molar refractivity (Wildman–Crippen MR) is 130 cm³/mol. The molecule has 0 aliphatic carbocycles. The quantitative estimate of drug-likeness (QED) is 0.167. The van der Waals surface area contributed by atoms with Gasteiger partial charge in [-0.25, -0.2) is 5.43 Å². The number of nitro benzene ring substituents is 1. The molecule has 158 valence electrons. The zero-order chi connectivity index (χ0) is 22.2. The van der Waals surface area contributed by atoms with Crippen LogP contribution in [0.3, 0.4) is 0 Å².